The van der Waals surface area contributed by atoms with E-state index < -0.39 is 57.9 Å². The van der Waals surface area contributed by atoms with Crippen LogP contribution in [0.3, 0.4) is 0 Å². The molecule has 8 nitrogen and oxygen atoms in total. The quantitative estimate of drug-likeness (QED) is 0.167. The first-order valence-electron chi connectivity index (χ1n) is 9.50. The Labute approximate surface area is 171 Å². The maximum Gasteiger partial charge on any atom is 0.252 e. The van der Waals surface area contributed by atoms with Gasteiger partial charge in [0.15, 0.2) is 22.9 Å². The van der Waals surface area contributed by atoms with E-state index in [1.807, 2.05) is 0 Å². The smallest absolute Gasteiger partial charge is 0.252 e. The normalized spacial score (nSPS) is 30.3. The first-order chi connectivity index (χ1) is 14.0. The van der Waals surface area contributed by atoms with E-state index in [1.54, 1.807) is 13.0 Å². The van der Waals surface area contributed by atoms with Crippen molar-refractivity contribution in [2.45, 2.75) is 31.8 Å². The Morgan fingerprint density at radius 3 is 2.57 bits per heavy atom. The molecule has 1 fully saturated rings. The van der Waals surface area contributed by atoms with E-state index >= 15 is 0 Å². The molecule has 6 N–H and O–H groups in total. The minimum absolute atomic E-state index is 0.117. The van der Waals surface area contributed by atoms with Crippen LogP contribution in [0.15, 0.2) is 17.2 Å². The highest BCUT2D eigenvalue weighted by Gasteiger charge is 2.63. The van der Waals surface area contributed by atoms with Gasteiger partial charge in [0.05, 0.1) is 28.3 Å². The number of anilines is 1. The Hall–Kier alpha value is -3.44. The third kappa shape index (κ3) is 2.33. The monoisotopic (exact) mass is 408 g/mol. The van der Waals surface area contributed by atoms with Crippen LogP contribution in [0.25, 0.3) is 0 Å². The summed E-state index contributed by atoms with van der Waals surface area (Å²) in [6.45, 7) is 1.56. The summed E-state index contributed by atoms with van der Waals surface area (Å²) in [6, 6.07) is 1.55. The second-order valence-corrected chi connectivity index (χ2v) is 8.29. The Morgan fingerprint density at radius 2 is 1.97 bits per heavy atom. The number of fused-ring (bicyclic) bond motifs is 3. The highest BCUT2D eigenvalue weighted by atomic mass is 16.3. The van der Waals surface area contributed by atoms with Gasteiger partial charge in [-0.25, -0.2) is 0 Å². The molecule has 3 aliphatic rings. The summed E-state index contributed by atoms with van der Waals surface area (Å²) >= 11 is 0. The Balaban J connectivity index is 1.85. The van der Waals surface area contributed by atoms with Gasteiger partial charge >= 0.3 is 0 Å². The van der Waals surface area contributed by atoms with Crippen molar-refractivity contribution < 1.29 is 29.4 Å². The van der Waals surface area contributed by atoms with E-state index in [-0.39, 0.29) is 36.1 Å². The number of aromatic hydroxyl groups is 1. The van der Waals surface area contributed by atoms with Crippen LogP contribution in [-0.4, -0.2) is 39.1 Å². The zero-order valence-electron chi connectivity index (χ0n) is 16.2. The second-order valence-electron chi connectivity index (χ2n) is 8.29. The summed E-state index contributed by atoms with van der Waals surface area (Å²) in [5.41, 5.74) is 9.08. The molecule has 0 saturated heterocycles. The molecule has 8 heteroatoms. The molecule has 0 aromatic heterocycles. The molecule has 3 aliphatic carbocycles. The SMILES string of the molecule is C#Cc1cc2c(c(O)c1N)C(=O)C1C(=O)[C@]3(O)C(=O)C(C(N)=O)=C(C)C[C@@H]3C[C@@H]1C2. The molecule has 0 aliphatic heterocycles. The van der Waals surface area contributed by atoms with Gasteiger partial charge in [0.1, 0.15) is 0 Å². The Bertz CT molecular complexity index is 1140. The van der Waals surface area contributed by atoms with E-state index in [1.165, 1.54) is 0 Å². The minimum Gasteiger partial charge on any atom is -0.505 e. The molecular weight excluding hydrogens is 388 g/mol. The van der Waals surface area contributed by atoms with Crippen molar-refractivity contribution in [1.29, 1.82) is 0 Å². The van der Waals surface area contributed by atoms with Crippen LogP contribution in [0.1, 0.15) is 41.3 Å². The lowest BCUT2D eigenvalue weighted by Crippen LogP contribution is -2.64. The first kappa shape index (κ1) is 19.9. The number of amides is 1. The van der Waals surface area contributed by atoms with Crippen LogP contribution in [0, 0.1) is 30.1 Å². The van der Waals surface area contributed by atoms with Crippen molar-refractivity contribution in [2.24, 2.45) is 23.5 Å². The third-order valence-corrected chi connectivity index (χ3v) is 6.69. The Kier molecular flexibility index (Phi) is 4.16. The molecule has 1 unspecified atom stereocenters. The van der Waals surface area contributed by atoms with Crippen molar-refractivity contribution in [3.8, 4) is 18.1 Å². The molecule has 0 spiro atoms. The predicted molar refractivity (Wildman–Crippen MR) is 105 cm³/mol. The highest BCUT2D eigenvalue weighted by molar-refractivity contribution is 6.32. The molecule has 0 heterocycles. The van der Waals surface area contributed by atoms with Crippen molar-refractivity contribution in [3.05, 3.63) is 33.9 Å². The lowest BCUT2D eigenvalue weighted by atomic mass is 9.55. The van der Waals surface area contributed by atoms with E-state index in [0.29, 0.717) is 11.1 Å². The number of terminal acetylenes is 1. The number of rotatable bonds is 1. The number of primary amides is 1. The van der Waals surface area contributed by atoms with Gasteiger partial charge < -0.3 is 21.7 Å². The molecule has 4 atom stereocenters. The largest absolute Gasteiger partial charge is 0.505 e. The van der Waals surface area contributed by atoms with Crippen molar-refractivity contribution in [1.82, 2.24) is 0 Å². The number of allylic oxidation sites excluding steroid dienone is 1. The van der Waals surface area contributed by atoms with E-state index in [0.717, 1.165) is 0 Å². The summed E-state index contributed by atoms with van der Waals surface area (Å²) in [4.78, 5) is 51.2. The number of Topliss-reactive ketones (excluding diaryl/α,β-unsaturated/α-hetero) is 3. The maximum atomic E-state index is 13.3. The van der Waals surface area contributed by atoms with Gasteiger partial charge in [-0.1, -0.05) is 11.5 Å². The standard InChI is InChI=1S/C22H20N2O6/c1-3-9-5-10-6-11-7-12-4-8(2)13(21(24)29)19(27)22(12,30)20(28)15(11)17(25)14(10)18(26)16(9)23/h1,5,11-12,15,26,30H,4,6-7,23H2,2H3,(H2,24,29)/t11-,12+,15?,22+/m0/s1. The molecular formula is C22H20N2O6. The molecule has 0 radical (unpaired) electrons. The fourth-order valence-corrected chi connectivity index (χ4v) is 5.30. The minimum atomic E-state index is -2.50. The lowest BCUT2D eigenvalue weighted by molar-refractivity contribution is -0.165. The number of nitrogens with two attached hydrogens (primary N) is 2. The van der Waals surface area contributed by atoms with Crippen LogP contribution < -0.4 is 11.5 Å². The number of nitrogen functional groups attached to an aromatic ring is 1. The van der Waals surface area contributed by atoms with Crippen LogP contribution in [-0.2, 0) is 20.8 Å². The molecule has 30 heavy (non-hydrogen) atoms. The number of phenolic OH excluding ortho intramolecular Hbond substituents is 1. The Morgan fingerprint density at radius 1 is 1.30 bits per heavy atom. The fraction of sp³-hybridized carbons (Fsp3) is 0.364. The number of phenols is 1. The lowest BCUT2D eigenvalue weighted by Gasteiger charge is -2.48. The van der Waals surface area contributed by atoms with Gasteiger partial charge in [0, 0.05) is 5.92 Å². The third-order valence-electron chi connectivity index (χ3n) is 6.69. The zero-order valence-corrected chi connectivity index (χ0v) is 16.2. The van der Waals surface area contributed by atoms with Gasteiger partial charge in [-0.3, -0.25) is 19.2 Å². The summed E-state index contributed by atoms with van der Waals surface area (Å²) in [7, 11) is 0. The molecule has 154 valence electrons. The topological polar surface area (TPSA) is 161 Å². The summed E-state index contributed by atoms with van der Waals surface area (Å²) < 4.78 is 0. The van der Waals surface area contributed by atoms with E-state index in [2.05, 4.69) is 5.92 Å². The molecule has 4 rings (SSSR count). The average molecular weight is 408 g/mol. The number of aliphatic hydroxyl groups is 1. The molecule has 1 aromatic rings. The summed E-state index contributed by atoms with van der Waals surface area (Å²) in [5.74, 6) is -4.49. The van der Waals surface area contributed by atoms with Gasteiger partial charge in [-0.2, -0.15) is 0 Å². The van der Waals surface area contributed by atoms with Crippen molar-refractivity contribution >= 4 is 28.9 Å². The van der Waals surface area contributed by atoms with Crippen molar-refractivity contribution in [3.63, 3.8) is 0 Å². The number of carbonyl (C=O) groups excluding carboxylic acids is 4. The van der Waals surface area contributed by atoms with Crippen molar-refractivity contribution in [2.75, 3.05) is 5.73 Å². The second kappa shape index (κ2) is 6.28. The zero-order chi connectivity index (χ0) is 22.1. The summed E-state index contributed by atoms with van der Waals surface area (Å²) in [6.07, 6.45) is 6.03. The highest BCUT2D eigenvalue weighted by Crippen LogP contribution is 2.51. The molecule has 0 bridgehead atoms. The van der Waals surface area contributed by atoms with Gasteiger partial charge in [-0.05, 0) is 43.7 Å². The number of hydrogen-bond donors (Lipinski definition) is 4. The summed E-state index contributed by atoms with van der Waals surface area (Å²) in [5, 5.41) is 21.6. The van der Waals surface area contributed by atoms with Crippen LogP contribution in [0.2, 0.25) is 0 Å². The van der Waals surface area contributed by atoms with Crippen LogP contribution >= 0.6 is 0 Å². The molecule has 1 saturated carbocycles. The fourth-order valence-electron chi connectivity index (χ4n) is 5.30. The van der Waals surface area contributed by atoms with Gasteiger partial charge in [0.25, 0.3) is 5.91 Å². The van der Waals surface area contributed by atoms with Crippen LogP contribution in [0.5, 0.6) is 5.75 Å². The van der Waals surface area contributed by atoms with Gasteiger partial charge in [0.2, 0.25) is 5.78 Å². The number of hydrogen-bond acceptors (Lipinski definition) is 7. The molecule has 1 amide bonds. The van der Waals surface area contributed by atoms with Gasteiger partial charge in [-0.15, -0.1) is 6.42 Å². The average Bonchev–Trinajstić information content (AvgIpc) is 2.67. The number of ketones is 3. The van der Waals surface area contributed by atoms with E-state index in [4.69, 9.17) is 17.9 Å². The van der Waals surface area contributed by atoms with Crippen LogP contribution in [0.4, 0.5) is 5.69 Å². The number of carbonyl (C=O) groups is 4. The predicted octanol–water partition coefficient (Wildman–Crippen LogP) is 0.0216. The maximum absolute atomic E-state index is 13.3. The number of benzene rings is 1. The molecule has 1 aromatic carbocycles. The first-order valence-corrected chi connectivity index (χ1v) is 9.50. The van der Waals surface area contributed by atoms with E-state index in [9.17, 15) is 29.4 Å².